The standard InChI is InChI=1S/C11H17NO2S/c1-4-8(2)12-11(13)10-6-5-9(14-10)7-15-3/h5-6,8H,4,7H2,1-3H3,(H,12,13)/t8-/m0/s1. The Kier molecular flexibility index (Phi) is 4.75. The molecule has 0 fully saturated rings. The van der Waals surface area contributed by atoms with Gasteiger partial charge in [0, 0.05) is 6.04 Å². The van der Waals surface area contributed by atoms with Crippen LogP contribution in [0.3, 0.4) is 0 Å². The summed E-state index contributed by atoms with van der Waals surface area (Å²) in [4.78, 5) is 11.6. The molecule has 0 saturated heterocycles. The highest BCUT2D eigenvalue weighted by Crippen LogP contribution is 2.13. The maximum Gasteiger partial charge on any atom is 0.287 e. The molecule has 0 bridgehead atoms. The lowest BCUT2D eigenvalue weighted by Crippen LogP contribution is -2.31. The average Bonchev–Trinajstić information content (AvgIpc) is 2.67. The monoisotopic (exact) mass is 227 g/mol. The zero-order valence-corrected chi connectivity index (χ0v) is 10.2. The molecule has 1 heterocycles. The normalized spacial score (nSPS) is 12.5. The molecule has 1 atom stereocenters. The molecule has 1 N–H and O–H groups in total. The van der Waals surface area contributed by atoms with Crippen LogP contribution in [0.2, 0.25) is 0 Å². The molecule has 0 unspecified atom stereocenters. The molecule has 0 aliphatic rings. The SMILES string of the molecule is CC[C@H](C)NC(=O)c1ccc(CSC)o1. The minimum Gasteiger partial charge on any atom is -0.455 e. The van der Waals surface area contributed by atoms with E-state index in [0.29, 0.717) is 5.76 Å². The number of hydrogen-bond donors (Lipinski definition) is 1. The number of nitrogens with one attached hydrogen (secondary N) is 1. The van der Waals surface area contributed by atoms with Crippen LogP contribution in [0.5, 0.6) is 0 Å². The minimum atomic E-state index is -0.128. The van der Waals surface area contributed by atoms with E-state index in [4.69, 9.17) is 4.42 Å². The van der Waals surface area contributed by atoms with Gasteiger partial charge in [0.05, 0.1) is 5.75 Å². The summed E-state index contributed by atoms with van der Waals surface area (Å²) >= 11 is 1.67. The van der Waals surface area contributed by atoms with Gasteiger partial charge in [0.25, 0.3) is 5.91 Å². The highest BCUT2D eigenvalue weighted by molar-refractivity contribution is 7.97. The highest BCUT2D eigenvalue weighted by atomic mass is 32.2. The van der Waals surface area contributed by atoms with Crippen molar-refractivity contribution in [1.29, 1.82) is 0 Å². The molecule has 15 heavy (non-hydrogen) atoms. The molecule has 0 aliphatic heterocycles. The summed E-state index contributed by atoms with van der Waals surface area (Å²) in [5.41, 5.74) is 0. The largest absolute Gasteiger partial charge is 0.455 e. The minimum absolute atomic E-state index is 0.128. The van der Waals surface area contributed by atoms with Gasteiger partial charge in [-0.3, -0.25) is 4.79 Å². The summed E-state index contributed by atoms with van der Waals surface area (Å²) in [6.07, 6.45) is 2.92. The van der Waals surface area contributed by atoms with Crippen LogP contribution in [0, 0.1) is 0 Å². The third-order valence-corrected chi connectivity index (χ3v) is 2.74. The molecule has 84 valence electrons. The fraction of sp³-hybridized carbons (Fsp3) is 0.545. The van der Waals surface area contributed by atoms with E-state index < -0.39 is 0 Å². The predicted octanol–water partition coefficient (Wildman–Crippen LogP) is 2.67. The summed E-state index contributed by atoms with van der Waals surface area (Å²) in [6, 6.07) is 3.76. The number of hydrogen-bond acceptors (Lipinski definition) is 3. The fourth-order valence-electron chi connectivity index (χ4n) is 1.12. The summed E-state index contributed by atoms with van der Waals surface area (Å²) in [5.74, 6) is 1.92. The van der Waals surface area contributed by atoms with Gasteiger partial charge in [-0.1, -0.05) is 6.92 Å². The molecular formula is C11H17NO2S. The molecule has 0 spiro atoms. The lowest BCUT2D eigenvalue weighted by atomic mass is 10.2. The number of rotatable bonds is 5. The molecule has 4 heteroatoms. The molecule has 1 aromatic heterocycles. The quantitative estimate of drug-likeness (QED) is 0.841. The first kappa shape index (κ1) is 12.2. The average molecular weight is 227 g/mol. The van der Waals surface area contributed by atoms with E-state index >= 15 is 0 Å². The van der Waals surface area contributed by atoms with E-state index in [0.717, 1.165) is 17.9 Å². The maximum absolute atomic E-state index is 11.6. The van der Waals surface area contributed by atoms with Gasteiger partial charge < -0.3 is 9.73 Å². The first-order valence-corrected chi connectivity index (χ1v) is 6.45. The molecule has 1 amide bonds. The smallest absolute Gasteiger partial charge is 0.287 e. The highest BCUT2D eigenvalue weighted by Gasteiger charge is 2.12. The van der Waals surface area contributed by atoms with Gasteiger partial charge in [-0.15, -0.1) is 0 Å². The number of thioether (sulfide) groups is 1. The van der Waals surface area contributed by atoms with E-state index in [1.165, 1.54) is 0 Å². The van der Waals surface area contributed by atoms with Crippen LogP contribution in [0.15, 0.2) is 16.5 Å². The Hall–Kier alpha value is -0.900. The maximum atomic E-state index is 11.6. The number of carbonyl (C=O) groups excluding carboxylic acids is 1. The van der Waals surface area contributed by atoms with Crippen molar-refractivity contribution in [2.45, 2.75) is 32.1 Å². The van der Waals surface area contributed by atoms with E-state index in [1.807, 2.05) is 26.2 Å². The van der Waals surface area contributed by atoms with Crippen molar-refractivity contribution in [1.82, 2.24) is 5.32 Å². The van der Waals surface area contributed by atoms with Crippen molar-refractivity contribution in [2.24, 2.45) is 0 Å². The van der Waals surface area contributed by atoms with Gasteiger partial charge in [0.15, 0.2) is 5.76 Å². The summed E-state index contributed by atoms with van der Waals surface area (Å²) in [7, 11) is 0. The lowest BCUT2D eigenvalue weighted by Gasteiger charge is -2.09. The van der Waals surface area contributed by atoms with Crippen molar-refractivity contribution >= 4 is 17.7 Å². The number of amides is 1. The molecule has 3 nitrogen and oxygen atoms in total. The second kappa shape index (κ2) is 5.85. The third kappa shape index (κ3) is 3.63. The second-order valence-electron chi connectivity index (χ2n) is 3.48. The van der Waals surface area contributed by atoms with Crippen LogP contribution in [-0.2, 0) is 5.75 Å². The summed E-state index contributed by atoms with van der Waals surface area (Å²) in [6.45, 7) is 4.01. The van der Waals surface area contributed by atoms with Crippen LogP contribution >= 0.6 is 11.8 Å². The third-order valence-electron chi connectivity index (χ3n) is 2.16. The van der Waals surface area contributed by atoms with Crippen LogP contribution in [-0.4, -0.2) is 18.2 Å². The van der Waals surface area contributed by atoms with E-state index in [-0.39, 0.29) is 11.9 Å². The summed E-state index contributed by atoms with van der Waals surface area (Å²) in [5, 5.41) is 2.86. The molecular weight excluding hydrogens is 210 g/mol. The molecule has 0 radical (unpaired) electrons. The lowest BCUT2D eigenvalue weighted by molar-refractivity contribution is 0.0910. The molecule has 0 aromatic carbocycles. The first-order valence-electron chi connectivity index (χ1n) is 5.05. The summed E-state index contributed by atoms with van der Waals surface area (Å²) < 4.78 is 5.40. The van der Waals surface area contributed by atoms with Crippen molar-refractivity contribution in [2.75, 3.05) is 6.26 Å². The van der Waals surface area contributed by atoms with E-state index in [2.05, 4.69) is 5.32 Å². The topological polar surface area (TPSA) is 42.2 Å². The Morgan fingerprint density at radius 2 is 2.33 bits per heavy atom. The molecule has 1 aromatic rings. The van der Waals surface area contributed by atoms with Gasteiger partial charge in [0.1, 0.15) is 5.76 Å². The van der Waals surface area contributed by atoms with Gasteiger partial charge >= 0.3 is 0 Å². The van der Waals surface area contributed by atoms with Crippen LogP contribution in [0.4, 0.5) is 0 Å². The Morgan fingerprint density at radius 3 is 2.93 bits per heavy atom. The van der Waals surface area contributed by atoms with Crippen molar-refractivity contribution < 1.29 is 9.21 Å². The van der Waals surface area contributed by atoms with Gasteiger partial charge in [-0.25, -0.2) is 0 Å². The molecule has 1 rings (SSSR count). The van der Waals surface area contributed by atoms with E-state index in [9.17, 15) is 4.79 Å². The van der Waals surface area contributed by atoms with Crippen molar-refractivity contribution in [3.05, 3.63) is 23.7 Å². The van der Waals surface area contributed by atoms with Crippen molar-refractivity contribution in [3.63, 3.8) is 0 Å². The Morgan fingerprint density at radius 1 is 1.60 bits per heavy atom. The predicted molar refractivity (Wildman–Crippen MR) is 63.1 cm³/mol. The second-order valence-corrected chi connectivity index (χ2v) is 4.35. The van der Waals surface area contributed by atoms with Crippen LogP contribution in [0.1, 0.15) is 36.6 Å². The van der Waals surface area contributed by atoms with Crippen LogP contribution in [0.25, 0.3) is 0 Å². The zero-order valence-electron chi connectivity index (χ0n) is 9.37. The van der Waals surface area contributed by atoms with Gasteiger partial charge in [0.2, 0.25) is 0 Å². The van der Waals surface area contributed by atoms with Gasteiger partial charge in [-0.2, -0.15) is 11.8 Å². The van der Waals surface area contributed by atoms with E-state index in [1.54, 1.807) is 17.8 Å². The molecule has 0 aliphatic carbocycles. The van der Waals surface area contributed by atoms with Crippen molar-refractivity contribution in [3.8, 4) is 0 Å². The first-order chi connectivity index (χ1) is 7.17. The van der Waals surface area contributed by atoms with Crippen LogP contribution < -0.4 is 5.32 Å². The van der Waals surface area contributed by atoms with Gasteiger partial charge in [-0.05, 0) is 31.7 Å². The number of carbonyl (C=O) groups is 1. The Labute approximate surface area is 94.6 Å². The number of furan rings is 1. The molecule has 0 saturated carbocycles. The Balaban J connectivity index is 2.58. The Bertz CT molecular complexity index is 322. The zero-order chi connectivity index (χ0) is 11.3. The fourth-order valence-corrected chi connectivity index (χ4v) is 1.56.